The molecule has 27 rings (SSSR count). The van der Waals surface area contributed by atoms with E-state index in [1.165, 1.54) is 135 Å². The van der Waals surface area contributed by atoms with E-state index in [1.54, 1.807) is 0 Å². The van der Waals surface area contributed by atoms with Crippen molar-refractivity contribution >= 4 is 146 Å². The third kappa shape index (κ3) is 14.1. The Morgan fingerprint density at radius 2 is 0.507 bits per heavy atom. The molecule has 0 amide bonds. The predicted molar refractivity (Wildman–Crippen MR) is 608 cm³/mol. The molecule has 3 heteroatoms. The second-order valence-electron chi connectivity index (χ2n) is 37.4. The summed E-state index contributed by atoms with van der Waals surface area (Å²) in [5, 5.41) is 21.3. The van der Waals surface area contributed by atoms with Gasteiger partial charge >= 0.3 is 0 Å². The van der Waals surface area contributed by atoms with Crippen LogP contribution in [-0.4, -0.2) is 0 Å². The number of hydrogen-bond donors (Lipinski definition) is 0. The van der Waals surface area contributed by atoms with Crippen LogP contribution in [0.2, 0.25) is 0 Å². The molecule has 0 aliphatic heterocycles. The van der Waals surface area contributed by atoms with Gasteiger partial charge in [0, 0.05) is 41.7 Å². The quantitative estimate of drug-likeness (QED) is 0.0671. The maximum atomic E-state index is 6.65. The van der Waals surface area contributed by atoms with Gasteiger partial charge in [0.05, 0.1) is 0 Å². The zero-order valence-corrected chi connectivity index (χ0v) is 78.7. The zero-order valence-electron chi connectivity index (χ0n) is 77.9. The molecule has 0 atom stereocenters. The predicted octanol–water partition coefficient (Wildman–Crippen LogP) is 40.3. The molecule has 2 nitrogen and oxygen atoms in total. The molecule has 142 heavy (non-hydrogen) atoms. The number of furan rings is 2. The van der Waals surface area contributed by atoms with Crippen LogP contribution in [0.5, 0.6) is 0 Å². The lowest BCUT2D eigenvalue weighted by Crippen LogP contribution is -1.94. The van der Waals surface area contributed by atoms with Crippen LogP contribution in [-0.2, 0) is 0 Å². The molecular weight excluding hydrogens is 1730 g/mol. The van der Waals surface area contributed by atoms with Crippen LogP contribution in [0.15, 0.2) is 519 Å². The van der Waals surface area contributed by atoms with Crippen molar-refractivity contribution in [3.63, 3.8) is 0 Å². The molecule has 662 valence electrons. The Morgan fingerprint density at radius 3 is 1.01 bits per heavy atom. The van der Waals surface area contributed by atoms with Gasteiger partial charge in [-0.3, -0.25) is 0 Å². The van der Waals surface area contributed by atoms with Gasteiger partial charge in [-0.15, -0.1) is 11.3 Å². The van der Waals surface area contributed by atoms with E-state index in [4.69, 9.17) is 8.83 Å². The van der Waals surface area contributed by atoms with Gasteiger partial charge in [-0.05, 0) is 329 Å². The van der Waals surface area contributed by atoms with Crippen molar-refractivity contribution in [1.29, 1.82) is 0 Å². The van der Waals surface area contributed by atoms with E-state index in [-0.39, 0.29) is 0 Å². The summed E-state index contributed by atoms with van der Waals surface area (Å²) in [6, 6.07) is 178. The maximum absolute atomic E-state index is 6.65. The number of benzene rings is 24. The first-order valence-electron chi connectivity index (χ1n) is 48.8. The number of para-hydroxylation sites is 2. The van der Waals surface area contributed by atoms with Crippen molar-refractivity contribution in [3.8, 4) is 156 Å². The first kappa shape index (κ1) is 83.3. The smallest absolute Gasteiger partial charge is 0.136 e. The molecule has 0 fully saturated rings. The van der Waals surface area contributed by atoms with E-state index in [0.29, 0.717) is 0 Å². The molecule has 0 unspecified atom stereocenters. The van der Waals surface area contributed by atoms with Gasteiger partial charge in [0.25, 0.3) is 0 Å². The highest BCUT2D eigenvalue weighted by Gasteiger charge is 2.27. The third-order valence-electron chi connectivity index (χ3n) is 29.4. The molecule has 27 aromatic rings. The van der Waals surface area contributed by atoms with E-state index in [2.05, 4.69) is 499 Å². The summed E-state index contributed by atoms with van der Waals surface area (Å²) in [6.07, 6.45) is 8.02. The van der Waals surface area contributed by atoms with Crippen molar-refractivity contribution in [3.05, 3.63) is 516 Å². The second-order valence-corrected chi connectivity index (χ2v) is 38.5. The third-order valence-corrected chi connectivity index (χ3v) is 30.5. The molecule has 0 spiro atoms. The number of rotatable bonds is 17. The largest absolute Gasteiger partial charge is 0.456 e. The molecule has 0 saturated heterocycles. The lowest BCUT2D eigenvalue weighted by molar-refractivity contribution is 0.668. The van der Waals surface area contributed by atoms with E-state index in [1.807, 2.05) is 29.6 Å². The van der Waals surface area contributed by atoms with Crippen molar-refractivity contribution < 1.29 is 8.83 Å². The van der Waals surface area contributed by atoms with Crippen LogP contribution in [0.1, 0.15) is 12.5 Å². The Balaban J connectivity index is 0.572. The summed E-state index contributed by atoms with van der Waals surface area (Å²) >= 11 is 1.87. The van der Waals surface area contributed by atoms with Gasteiger partial charge in [-0.2, -0.15) is 0 Å². The first-order chi connectivity index (χ1) is 70.3. The molecule has 0 radical (unpaired) electrons. The van der Waals surface area contributed by atoms with E-state index in [0.717, 1.165) is 160 Å². The molecule has 0 bridgehead atoms. The Hall–Kier alpha value is -18.1. The SMILES string of the molecule is C=C/C=C\C=C(/C)c1cccc(-c2c3ccccc3c(-c3cccc(-c4cccc(-c5cccc(-c6cccc(-c7c8ccccc8c(-c8ccc(-c9ccc(-c%10c%11ccccc%11c(-c%11ccccc%11)c%11ccc(-c%12cccc%13sc%14ccccc%14c%12%13)cc%10%11)cc9)cc8-c8ccccc8)c8ccc(-c9cccc%10oc%11ccccc%11c9%10)cc78)c6)c5)c4)c3)c3ccc(-c4cccc5oc6ccccc6c45)cc23)c1. The van der Waals surface area contributed by atoms with Crippen LogP contribution >= 0.6 is 11.3 Å². The van der Waals surface area contributed by atoms with E-state index >= 15 is 0 Å². The van der Waals surface area contributed by atoms with Crippen molar-refractivity contribution in [2.45, 2.75) is 6.92 Å². The summed E-state index contributed by atoms with van der Waals surface area (Å²) in [5.74, 6) is 0. The molecule has 0 saturated carbocycles. The van der Waals surface area contributed by atoms with Gasteiger partial charge in [0.2, 0.25) is 0 Å². The summed E-state index contributed by atoms with van der Waals surface area (Å²) in [4.78, 5) is 0. The maximum Gasteiger partial charge on any atom is 0.136 e. The monoisotopic (exact) mass is 1820 g/mol. The fourth-order valence-electron chi connectivity index (χ4n) is 22.9. The molecule has 0 aliphatic carbocycles. The van der Waals surface area contributed by atoms with Gasteiger partial charge < -0.3 is 8.83 Å². The van der Waals surface area contributed by atoms with Crippen molar-refractivity contribution in [1.82, 2.24) is 0 Å². The highest BCUT2D eigenvalue weighted by Crippen LogP contribution is 2.54. The Morgan fingerprint density at radius 1 is 0.190 bits per heavy atom. The normalized spacial score (nSPS) is 12.0. The molecule has 3 heterocycles. The zero-order chi connectivity index (χ0) is 94.0. The Kier molecular flexibility index (Phi) is 20.3. The number of hydrogen-bond acceptors (Lipinski definition) is 3. The van der Waals surface area contributed by atoms with Crippen LogP contribution in [0.3, 0.4) is 0 Å². The van der Waals surface area contributed by atoms with Crippen LogP contribution in [0.25, 0.3) is 290 Å². The summed E-state index contributed by atoms with van der Waals surface area (Å²) in [7, 11) is 0. The van der Waals surface area contributed by atoms with Gasteiger partial charge in [-0.1, -0.05) is 419 Å². The molecular formula is C139H88O2S. The van der Waals surface area contributed by atoms with E-state index < -0.39 is 0 Å². The fourth-order valence-corrected chi connectivity index (χ4v) is 24.1. The average Bonchev–Trinajstić information content (AvgIpc) is 0.924. The second kappa shape index (κ2) is 34.5. The Bertz CT molecular complexity index is 9950. The molecule has 0 N–H and O–H groups in total. The highest BCUT2D eigenvalue weighted by atomic mass is 32.1. The van der Waals surface area contributed by atoms with Crippen molar-refractivity contribution in [2.24, 2.45) is 0 Å². The van der Waals surface area contributed by atoms with Crippen LogP contribution in [0, 0.1) is 0 Å². The lowest BCUT2D eigenvalue weighted by atomic mass is 9.81. The van der Waals surface area contributed by atoms with Gasteiger partial charge in [-0.25, -0.2) is 0 Å². The Labute approximate surface area is 826 Å². The first-order valence-corrected chi connectivity index (χ1v) is 49.6. The average molecular weight is 1820 g/mol. The van der Waals surface area contributed by atoms with Crippen LogP contribution < -0.4 is 0 Å². The summed E-state index contributed by atoms with van der Waals surface area (Å²) in [6.45, 7) is 6.11. The topological polar surface area (TPSA) is 26.3 Å². The molecule has 0 aliphatic rings. The number of fused-ring (bicyclic) bond motifs is 15. The van der Waals surface area contributed by atoms with Gasteiger partial charge in [0.15, 0.2) is 0 Å². The minimum Gasteiger partial charge on any atom is -0.456 e. The van der Waals surface area contributed by atoms with Crippen LogP contribution in [0.4, 0.5) is 0 Å². The fraction of sp³-hybridized carbons (Fsp3) is 0.00719. The van der Waals surface area contributed by atoms with E-state index in [9.17, 15) is 0 Å². The molecule has 3 aromatic heterocycles. The minimum absolute atomic E-state index is 0.864. The highest BCUT2D eigenvalue weighted by molar-refractivity contribution is 7.26. The van der Waals surface area contributed by atoms with Gasteiger partial charge in [0.1, 0.15) is 22.3 Å². The van der Waals surface area contributed by atoms with Crippen molar-refractivity contribution in [2.75, 3.05) is 0 Å². The number of allylic oxidation sites excluding steroid dienone is 5. The lowest BCUT2D eigenvalue weighted by Gasteiger charge is -2.21. The number of thiophene rings is 1. The standard InChI is InChI=1S/C139H88O2S/c1-3-4-7-32-86(2)91-37-24-44-102(77-91)134-111-50-15-14-49-110(111)133(116-75-70-99(83-123(116)134)105-56-29-61-127-137(105)118-53-18-21-59-125(118)140-127)103-45-27-42-96(80-103)94-40-25-38-92(78-94)93-39-26-41-95(79-93)97-43-28-46-104(81-97)135-112-51-16-17-52-113(112)136(117-76-72-100(84-124(117)135)106-57-30-62-128-138(106)119-54-19-22-60-126(119)141-128)114-73-69-98(82-121(114)88-33-8-5-9-34-88)87-65-67-90(68-66-87)132-109-48-13-12-47-108(109)131(89-35-10-6-11-36-89)115-74-71-101(85-122(115)132)107-58-31-64-130-139(107)120-55-20-23-63-129(120)142-130/h3-85H,1H2,2H3/b7-4-,86-32+. The summed E-state index contributed by atoms with van der Waals surface area (Å²) in [5.41, 5.74) is 38.3. The summed E-state index contributed by atoms with van der Waals surface area (Å²) < 4.78 is 15.8. The molecule has 24 aromatic carbocycles. The minimum atomic E-state index is 0.864.